The number of amides is 4. The molecule has 1 heterocycles. The topological polar surface area (TPSA) is 62.1 Å². The fraction of sp³-hybridized carbons (Fsp3) is 0.667. The van der Waals surface area contributed by atoms with E-state index >= 15 is 0 Å². The molecule has 4 amide bonds. The van der Waals surface area contributed by atoms with Gasteiger partial charge >= 0.3 is 29.1 Å². The van der Waals surface area contributed by atoms with Crippen molar-refractivity contribution in [3.8, 4) is 0 Å². The quantitative estimate of drug-likeness (QED) is 0.325. The summed E-state index contributed by atoms with van der Waals surface area (Å²) in [6.45, 7) is 10.4. The minimum Gasteiger partial charge on any atom is -0.358 e. The van der Waals surface area contributed by atoms with Crippen LogP contribution in [0.2, 0.25) is 0 Å². The molecule has 2 fully saturated rings. The summed E-state index contributed by atoms with van der Waals surface area (Å²) < 4.78 is 0. The number of imide groups is 1. The van der Waals surface area contributed by atoms with Crippen LogP contribution in [0.25, 0.3) is 0 Å². The number of rotatable bonds is 2. The number of carbonyl (C=O) groups is 2. The van der Waals surface area contributed by atoms with Gasteiger partial charge in [0.05, 0.1) is 0 Å². The number of hydrogen-bond donors (Lipinski definition) is 0. The second-order valence-electron chi connectivity index (χ2n) is 5.07. The molecule has 0 spiro atoms. The number of urea groups is 2. The standard InChI is InChI=1S/C8H10N3O2.C5H10.C2H6.C2H4.CH3.Fe/c12-7-9-10-8(13)11(7)5-6-3-1-2-4-6;1-2-4-5-3-1;2*1-2;;/h3,6H,1-2,4-5H2;1-5H2;1-2H3;1-2H2;1H3;/q-1;;;;-1;+2. The van der Waals surface area contributed by atoms with Crippen LogP contribution in [0.1, 0.15) is 65.2 Å². The molecule has 140 valence electrons. The second-order valence-corrected chi connectivity index (χ2v) is 5.07. The second kappa shape index (κ2) is 18.3. The Bertz CT molecular complexity index is 327. The van der Waals surface area contributed by atoms with E-state index in [0.29, 0.717) is 12.5 Å². The van der Waals surface area contributed by atoms with Gasteiger partial charge in [-0.3, -0.25) is 0 Å². The van der Waals surface area contributed by atoms with E-state index in [1.807, 2.05) is 13.8 Å². The first-order valence-electron chi connectivity index (χ1n) is 8.38. The Balaban J connectivity index is -0.000000342. The van der Waals surface area contributed by atoms with Crippen molar-refractivity contribution in [3.05, 3.63) is 27.0 Å². The molecule has 24 heavy (non-hydrogen) atoms. The van der Waals surface area contributed by atoms with E-state index < -0.39 is 12.1 Å². The molecular weight excluding hydrogens is 346 g/mol. The summed E-state index contributed by atoms with van der Waals surface area (Å²) in [4.78, 5) is 23.1. The van der Waals surface area contributed by atoms with Crippen LogP contribution in [0.3, 0.4) is 0 Å². The first-order valence-corrected chi connectivity index (χ1v) is 8.38. The molecule has 1 atom stereocenters. The Labute approximate surface area is 158 Å². The Morgan fingerprint density at radius 2 is 1.42 bits per heavy atom. The molecule has 0 N–H and O–H groups in total. The molecule has 0 bridgehead atoms. The molecule has 0 aromatic rings. The fourth-order valence-corrected chi connectivity index (χ4v) is 2.57. The number of azo groups is 1. The summed E-state index contributed by atoms with van der Waals surface area (Å²) in [6.07, 6.45) is 12.9. The molecule has 0 radical (unpaired) electrons. The van der Waals surface area contributed by atoms with Crippen LogP contribution >= 0.6 is 0 Å². The van der Waals surface area contributed by atoms with Crippen molar-refractivity contribution in [1.82, 2.24) is 4.90 Å². The zero-order valence-electron chi connectivity index (χ0n) is 15.4. The van der Waals surface area contributed by atoms with Crippen molar-refractivity contribution >= 4 is 12.1 Å². The Morgan fingerprint density at radius 3 is 1.75 bits per heavy atom. The maximum absolute atomic E-state index is 11.0. The molecule has 0 aromatic carbocycles. The van der Waals surface area contributed by atoms with Crippen LogP contribution in [-0.4, -0.2) is 23.5 Å². The number of nitrogens with zero attached hydrogens (tertiary/aromatic N) is 3. The van der Waals surface area contributed by atoms with Crippen LogP contribution in [0.5, 0.6) is 0 Å². The predicted molar refractivity (Wildman–Crippen MR) is 96.1 cm³/mol. The summed E-state index contributed by atoms with van der Waals surface area (Å²) in [5.41, 5.74) is 0. The van der Waals surface area contributed by atoms with Gasteiger partial charge in [0.25, 0.3) is 0 Å². The minimum atomic E-state index is -0.523. The first kappa shape index (κ1) is 27.8. The molecule has 1 unspecified atom stereocenters. The van der Waals surface area contributed by atoms with Gasteiger partial charge in [0.15, 0.2) is 0 Å². The van der Waals surface area contributed by atoms with Gasteiger partial charge in [-0.2, -0.15) is 6.42 Å². The van der Waals surface area contributed by atoms with Crippen LogP contribution in [0.4, 0.5) is 9.59 Å². The summed E-state index contributed by atoms with van der Waals surface area (Å²) in [6, 6.07) is -1.05. The first-order chi connectivity index (χ1) is 10.8. The molecule has 1 aliphatic heterocycles. The fourth-order valence-electron chi connectivity index (χ4n) is 2.57. The maximum Gasteiger partial charge on any atom is 2.00 e. The molecule has 0 aromatic heterocycles. The average Bonchev–Trinajstić information content (AvgIpc) is 3.33. The summed E-state index contributed by atoms with van der Waals surface area (Å²) in [5, 5.41) is 6.38. The van der Waals surface area contributed by atoms with Gasteiger partial charge in [0.2, 0.25) is 0 Å². The number of hydrogen-bond acceptors (Lipinski definition) is 2. The van der Waals surface area contributed by atoms with Crippen molar-refractivity contribution < 1.29 is 26.7 Å². The third-order valence-electron chi connectivity index (χ3n) is 3.63. The number of carbonyl (C=O) groups excluding carboxylic acids is 2. The van der Waals surface area contributed by atoms with Gasteiger partial charge in [0.1, 0.15) is 0 Å². The van der Waals surface area contributed by atoms with Gasteiger partial charge < -0.3 is 13.8 Å². The summed E-state index contributed by atoms with van der Waals surface area (Å²) in [7, 11) is 0. The van der Waals surface area contributed by atoms with Crippen LogP contribution < -0.4 is 0 Å². The third-order valence-corrected chi connectivity index (χ3v) is 3.63. The largest absolute Gasteiger partial charge is 2.00 e. The van der Waals surface area contributed by atoms with Gasteiger partial charge in [0, 0.05) is 6.54 Å². The van der Waals surface area contributed by atoms with Crippen LogP contribution in [-0.2, 0) is 17.1 Å². The van der Waals surface area contributed by atoms with Gasteiger partial charge in [-0.05, 0) is 0 Å². The van der Waals surface area contributed by atoms with Gasteiger partial charge in [-0.25, -0.2) is 14.5 Å². The molecule has 3 aliphatic rings. The molecule has 3 rings (SSSR count). The monoisotopic (exact) mass is 379 g/mol. The van der Waals surface area contributed by atoms with E-state index in [4.69, 9.17) is 0 Å². The van der Waals surface area contributed by atoms with Crippen LogP contribution in [0.15, 0.2) is 23.4 Å². The van der Waals surface area contributed by atoms with E-state index in [0.717, 1.165) is 24.2 Å². The van der Waals surface area contributed by atoms with Crippen molar-refractivity contribution in [3.63, 3.8) is 0 Å². The summed E-state index contributed by atoms with van der Waals surface area (Å²) >= 11 is 0. The van der Waals surface area contributed by atoms with Crippen molar-refractivity contribution in [2.75, 3.05) is 6.54 Å². The Morgan fingerprint density at radius 1 is 1.00 bits per heavy atom. The van der Waals surface area contributed by atoms with E-state index in [2.05, 4.69) is 29.8 Å². The molecule has 2 saturated carbocycles. The van der Waals surface area contributed by atoms with Crippen molar-refractivity contribution in [2.24, 2.45) is 16.1 Å². The third kappa shape index (κ3) is 10.7. The van der Waals surface area contributed by atoms with Gasteiger partial charge in [-0.15, -0.1) is 19.1 Å². The molecule has 5 nitrogen and oxygen atoms in total. The van der Waals surface area contributed by atoms with E-state index in [-0.39, 0.29) is 24.5 Å². The molecular formula is C18H33FeN3O2. The normalized spacial score (nSPS) is 20.4. The van der Waals surface area contributed by atoms with Crippen molar-refractivity contribution in [1.29, 1.82) is 0 Å². The van der Waals surface area contributed by atoms with Gasteiger partial charge in [-0.1, -0.05) is 69.0 Å². The van der Waals surface area contributed by atoms with Crippen LogP contribution in [0, 0.1) is 19.8 Å². The minimum absolute atomic E-state index is 0. The zero-order chi connectivity index (χ0) is 16.8. The Kier molecular flexibility index (Phi) is 21.3. The molecule has 2 aliphatic carbocycles. The maximum atomic E-state index is 11.0. The van der Waals surface area contributed by atoms with E-state index in [9.17, 15) is 9.59 Å². The zero-order valence-corrected chi connectivity index (χ0v) is 16.5. The molecule has 6 heteroatoms. The predicted octanol–water partition coefficient (Wildman–Crippen LogP) is 6.23. The van der Waals surface area contributed by atoms with E-state index in [1.54, 1.807) is 0 Å². The smallest absolute Gasteiger partial charge is 0.358 e. The summed E-state index contributed by atoms with van der Waals surface area (Å²) in [5.74, 6) is 0.344. The van der Waals surface area contributed by atoms with E-state index in [1.165, 1.54) is 32.1 Å². The molecule has 0 saturated heterocycles. The SMILES string of the molecule is C1CCCC1.C=C.CC.O=C1N=NC(=O)N1CC1[CH-]CCC1.[CH3-].[Fe+2]. The average molecular weight is 379 g/mol. The Hall–Kier alpha value is -1.00. The van der Waals surface area contributed by atoms with Crippen molar-refractivity contribution in [2.45, 2.75) is 65.2 Å².